The fourth-order valence-corrected chi connectivity index (χ4v) is 3.51. The standard InChI is InChI=1S/C23H30N2O4/c1-4-20(19-9-10-21(27-2)22(15-19)28-3)24-23(26)18-7-5-17(6-8-18)16-25-11-13-29-14-12-25/h5-10,15,20H,4,11-14,16H2,1-3H3,(H,24,26)/t20-/m1/s1. The summed E-state index contributed by atoms with van der Waals surface area (Å²) in [5, 5.41) is 3.13. The second-order valence-electron chi connectivity index (χ2n) is 7.13. The quantitative estimate of drug-likeness (QED) is 0.738. The second-order valence-corrected chi connectivity index (χ2v) is 7.13. The van der Waals surface area contributed by atoms with Gasteiger partial charge in [0.1, 0.15) is 0 Å². The van der Waals surface area contributed by atoms with Crippen LogP contribution >= 0.6 is 0 Å². The lowest BCUT2D eigenvalue weighted by Crippen LogP contribution is -2.35. The highest BCUT2D eigenvalue weighted by Gasteiger charge is 2.17. The monoisotopic (exact) mass is 398 g/mol. The maximum atomic E-state index is 12.8. The third-order valence-corrected chi connectivity index (χ3v) is 5.25. The molecule has 2 aromatic carbocycles. The van der Waals surface area contributed by atoms with E-state index in [0.717, 1.165) is 44.8 Å². The molecule has 6 nitrogen and oxygen atoms in total. The Kier molecular flexibility index (Phi) is 7.49. The fraction of sp³-hybridized carbons (Fsp3) is 0.435. The summed E-state index contributed by atoms with van der Waals surface area (Å²) in [6.07, 6.45) is 0.774. The molecule has 1 aliphatic heterocycles. The molecule has 156 valence electrons. The Balaban J connectivity index is 1.64. The number of amides is 1. The topological polar surface area (TPSA) is 60.0 Å². The molecule has 1 N–H and O–H groups in total. The van der Waals surface area contributed by atoms with Gasteiger partial charge in [0.15, 0.2) is 11.5 Å². The summed E-state index contributed by atoms with van der Waals surface area (Å²) in [6, 6.07) is 13.5. The Hall–Kier alpha value is -2.57. The van der Waals surface area contributed by atoms with Gasteiger partial charge in [0, 0.05) is 25.2 Å². The van der Waals surface area contributed by atoms with Gasteiger partial charge in [-0.25, -0.2) is 0 Å². The van der Waals surface area contributed by atoms with E-state index in [1.165, 1.54) is 5.56 Å². The second kappa shape index (κ2) is 10.3. The molecule has 0 spiro atoms. The lowest BCUT2D eigenvalue weighted by Gasteiger charge is -2.26. The summed E-state index contributed by atoms with van der Waals surface area (Å²) >= 11 is 0. The van der Waals surface area contributed by atoms with Gasteiger partial charge in [-0.3, -0.25) is 9.69 Å². The van der Waals surface area contributed by atoms with Gasteiger partial charge >= 0.3 is 0 Å². The number of carbonyl (C=O) groups is 1. The maximum absolute atomic E-state index is 12.8. The molecular formula is C23H30N2O4. The molecule has 0 radical (unpaired) electrons. The van der Waals surface area contributed by atoms with Crippen molar-refractivity contribution >= 4 is 5.91 Å². The molecule has 2 aromatic rings. The van der Waals surface area contributed by atoms with Gasteiger partial charge in [-0.15, -0.1) is 0 Å². The Morgan fingerprint density at radius 3 is 2.38 bits per heavy atom. The average molecular weight is 399 g/mol. The number of carbonyl (C=O) groups excluding carboxylic acids is 1. The number of hydrogen-bond donors (Lipinski definition) is 1. The molecule has 1 amide bonds. The first-order valence-corrected chi connectivity index (χ1v) is 10.1. The Morgan fingerprint density at radius 1 is 1.07 bits per heavy atom. The van der Waals surface area contributed by atoms with E-state index in [1.807, 2.05) is 49.4 Å². The van der Waals surface area contributed by atoms with Crippen molar-refractivity contribution in [1.29, 1.82) is 0 Å². The first-order valence-electron chi connectivity index (χ1n) is 10.1. The van der Waals surface area contributed by atoms with Crippen molar-refractivity contribution in [2.75, 3.05) is 40.5 Å². The number of benzene rings is 2. The number of nitrogens with one attached hydrogen (secondary N) is 1. The molecule has 0 bridgehead atoms. The van der Waals surface area contributed by atoms with Crippen molar-refractivity contribution in [3.63, 3.8) is 0 Å². The Labute approximate surface area is 172 Å². The molecular weight excluding hydrogens is 368 g/mol. The third-order valence-electron chi connectivity index (χ3n) is 5.25. The normalized spacial score (nSPS) is 15.6. The van der Waals surface area contributed by atoms with Crippen LogP contribution in [0.1, 0.15) is 40.9 Å². The van der Waals surface area contributed by atoms with Crippen LogP contribution in [0.5, 0.6) is 11.5 Å². The van der Waals surface area contributed by atoms with Crippen LogP contribution in [0.25, 0.3) is 0 Å². The van der Waals surface area contributed by atoms with Crippen molar-refractivity contribution < 1.29 is 19.0 Å². The van der Waals surface area contributed by atoms with Gasteiger partial charge < -0.3 is 19.5 Å². The van der Waals surface area contributed by atoms with E-state index in [1.54, 1.807) is 14.2 Å². The summed E-state index contributed by atoms with van der Waals surface area (Å²) in [5.41, 5.74) is 2.85. The van der Waals surface area contributed by atoms with E-state index in [-0.39, 0.29) is 11.9 Å². The first-order chi connectivity index (χ1) is 14.1. The molecule has 1 saturated heterocycles. The minimum absolute atomic E-state index is 0.0791. The van der Waals surface area contributed by atoms with Crippen LogP contribution in [0, 0.1) is 0 Å². The van der Waals surface area contributed by atoms with Crippen molar-refractivity contribution in [2.24, 2.45) is 0 Å². The van der Waals surface area contributed by atoms with E-state index >= 15 is 0 Å². The number of morpholine rings is 1. The third kappa shape index (κ3) is 5.49. The summed E-state index contributed by atoms with van der Waals surface area (Å²) in [5.74, 6) is 1.25. The first kappa shape index (κ1) is 21.1. The number of ether oxygens (including phenoxy) is 3. The summed E-state index contributed by atoms with van der Waals surface area (Å²) in [4.78, 5) is 15.1. The van der Waals surface area contributed by atoms with Crippen LogP contribution in [-0.4, -0.2) is 51.3 Å². The Bertz CT molecular complexity index is 801. The molecule has 6 heteroatoms. The van der Waals surface area contributed by atoms with Gasteiger partial charge in [-0.1, -0.05) is 25.1 Å². The SMILES string of the molecule is CC[C@@H](NC(=O)c1ccc(CN2CCOCC2)cc1)c1ccc(OC)c(OC)c1. The van der Waals surface area contributed by atoms with Crippen molar-refractivity contribution in [1.82, 2.24) is 10.2 Å². The lowest BCUT2D eigenvalue weighted by atomic mass is 10.0. The van der Waals surface area contributed by atoms with Gasteiger partial charge in [-0.05, 0) is 41.8 Å². The van der Waals surface area contributed by atoms with Crippen molar-refractivity contribution in [2.45, 2.75) is 25.9 Å². The van der Waals surface area contributed by atoms with Gasteiger partial charge in [0.2, 0.25) is 0 Å². The molecule has 3 rings (SSSR count). The zero-order valence-electron chi connectivity index (χ0n) is 17.4. The summed E-state index contributed by atoms with van der Waals surface area (Å²) < 4.78 is 16.1. The number of rotatable bonds is 8. The van der Waals surface area contributed by atoms with Gasteiger partial charge in [-0.2, -0.15) is 0 Å². The average Bonchev–Trinajstić information content (AvgIpc) is 2.78. The van der Waals surface area contributed by atoms with E-state index in [0.29, 0.717) is 17.1 Å². The highest BCUT2D eigenvalue weighted by atomic mass is 16.5. The maximum Gasteiger partial charge on any atom is 0.251 e. The molecule has 0 aliphatic carbocycles. The molecule has 1 heterocycles. The highest BCUT2D eigenvalue weighted by Crippen LogP contribution is 2.31. The smallest absolute Gasteiger partial charge is 0.251 e. The zero-order valence-corrected chi connectivity index (χ0v) is 17.4. The number of hydrogen-bond acceptors (Lipinski definition) is 5. The largest absolute Gasteiger partial charge is 0.493 e. The Morgan fingerprint density at radius 2 is 1.76 bits per heavy atom. The predicted molar refractivity (Wildman–Crippen MR) is 113 cm³/mol. The van der Waals surface area contributed by atoms with E-state index in [4.69, 9.17) is 14.2 Å². The molecule has 0 saturated carbocycles. The van der Waals surface area contributed by atoms with Crippen LogP contribution in [0.4, 0.5) is 0 Å². The van der Waals surface area contributed by atoms with Crippen molar-refractivity contribution in [3.05, 3.63) is 59.2 Å². The van der Waals surface area contributed by atoms with Crippen LogP contribution in [0.3, 0.4) is 0 Å². The highest BCUT2D eigenvalue weighted by molar-refractivity contribution is 5.94. The minimum Gasteiger partial charge on any atom is -0.493 e. The van der Waals surface area contributed by atoms with E-state index < -0.39 is 0 Å². The molecule has 1 aliphatic rings. The van der Waals surface area contributed by atoms with E-state index in [2.05, 4.69) is 10.2 Å². The zero-order chi connectivity index (χ0) is 20.6. The lowest BCUT2D eigenvalue weighted by molar-refractivity contribution is 0.0342. The minimum atomic E-state index is -0.102. The molecule has 1 atom stereocenters. The fourth-order valence-electron chi connectivity index (χ4n) is 3.51. The summed E-state index contributed by atoms with van der Waals surface area (Å²) in [6.45, 7) is 6.41. The summed E-state index contributed by atoms with van der Waals surface area (Å²) in [7, 11) is 3.22. The van der Waals surface area contributed by atoms with Crippen LogP contribution in [-0.2, 0) is 11.3 Å². The van der Waals surface area contributed by atoms with E-state index in [9.17, 15) is 4.79 Å². The van der Waals surface area contributed by atoms with Crippen LogP contribution < -0.4 is 14.8 Å². The predicted octanol–water partition coefficient (Wildman–Crippen LogP) is 3.42. The molecule has 0 aromatic heterocycles. The van der Waals surface area contributed by atoms with Gasteiger partial charge in [0.05, 0.1) is 33.5 Å². The van der Waals surface area contributed by atoms with Crippen LogP contribution in [0.2, 0.25) is 0 Å². The number of methoxy groups -OCH3 is 2. The molecule has 1 fully saturated rings. The van der Waals surface area contributed by atoms with Gasteiger partial charge in [0.25, 0.3) is 5.91 Å². The number of nitrogens with zero attached hydrogens (tertiary/aromatic N) is 1. The van der Waals surface area contributed by atoms with Crippen LogP contribution in [0.15, 0.2) is 42.5 Å². The molecule has 29 heavy (non-hydrogen) atoms. The molecule has 0 unspecified atom stereocenters. The van der Waals surface area contributed by atoms with Crippen molar-refractivity contribution in [3.8, 4) is 11.5 Å².